The number of nitrogens with zero attached hydrogens (tertiary/aromatic N) is 1. The van der Waals surface area contributed by atoms with E-state index in [0.29, 0.717) is 10.0 Å². The van der Waals surface area contributed by atoms with Gasteiger partial charge in [0, 0.05) is 5.56 Å². The number of thiophene rings is 1. The Morgan fingerprint density at radius 2 is 2.16 bits per heavy atom. The number of hydrogen-bond donors (Lipinski definition) is 1. The van der Waals surface area contributed by atoms with Gasteiger partial charge >= 0.3 is 0 Å². The molecule has 1 aromatic carbocycles. The first-order chi connectivity index (χ1) is 9.06. The van der Waals surface area contributed by atoms with Crippen molar-refractivity contribution in [1.82, 2.24) is 5.43 Å². The van der Waals surface area contributed by atoms with Crippen LogP contribution in [-0.2, 0) is 0 Å². The van der Waals surface area contributed by atoms with Crippen molar-refractivity contribution in [1.29, 1.82) is 0 Å². The molecule has 0 atom stereocenters. The van der Waals surface area contributed by atoms with Gasteiger partial charge < -0.3 is 0 Å². The van der Waals surface area contributed by atoms with E-state index in [-0.39, 0.29) is 5.56 Å². The molecule has 1 aromatic heterocycles. The van der Waals surface area contributed by atoms with E-state index in [1.807, 2.05) is 6.07 Å². The van der Waals surface area contributed by atoms with Gasteiger partial charge in [-0.05, 0) is 37.3 Å². The van der Waals surface area contributed by atoms with Crippen LogP contribution < -0.4 is 5.43 Å². The molecule has 0 aliphatic carbocycles. The predicted molar refractivity (Wildman–Crippen MR) is 75.4 cm³/mol. The Morgan fingerprint density at radius 1 is 1.37 bits per heavy atom. The van der Waals surface area contributed by atoms with Gasteiger partial charge in [-0.15, -0.1) is 11.3 Å². The van der Waals surface area contributed by atoms with Gasteiger partial charge in [-0.1, -0.05) is 17.7 Å². The highest BCUT2D eigenvalue weighted by molar-refractivity contribution is 7.18. The van der Waals surface area contributed by atoms with Gasteiger partial charge in [0.2, 0.25) is 0 Å². The summed E-state index contributed by atoms with van der Waals surface area (Å²) >= 11 is 7.18. The molecule has 1 heterocycles. The third kappa shape index (κ3) is 3.62. The minimum Gasteiger partial charge on any atom is -0.267 e. The van der Waals surface area contributed by atoms with Gasteiger partial charge in [-0.2, -0.15) is 5.10 Å². The summed E-state index contributed by atoms with van der Waals surface area (Å²) in [7, 11) is 0. The summed E-state index contributed by atoms with van der Waals surface area (Å²) in [5.41, 5.74) is 3.24. The summed E-state index contributed by atoms with van der Waals surface area (Å²) in [5, 5.41) is 3.96. The van der Waals surface area contributed by atoms with Gasteiger partial charge in [0.15, 0.2) is 0 Å². The number of carbonyl (C=O) groups is 1. The van der Waals surface area contributed by atoms with Gasteiger partial charge in [-0.3, -0.25) is 4.79 Å². The van der Waals surface area contributed by atoms with Crippen LogP contribution in [0.25, 0.3) is 0 Å². The second-order valence-electron chi connectivity index (χ2n) is 3.75. The molecule has 2 rings (SSSR count). The van der Waals surface area contributed by atoms with Crippen LogP contribution in [0.4, 0.5) is 4.39 Å². The third-order valence-corrected chi connectivity index (χ3v) is 3.68. The Morgan fingerprint density at radius 3 is 2.79 bits per heavy atom. The molecule has 0 aliphatic rings. The van der Waals surface area contributed by atoms with E-state index in [1.54, 1.807) is 13.0 Å². The fraction of sp³-hybridized carbons (Fsp3) is 0.0769. The van der Waals surface area contributed by atoms with E-state index in [2.05, 4.69) is 10.5 Å². The number of hydrogen-bond acceptors (Lipinski definition) is 3. The van der Waals surface area contributed by atoms with Crippen molar-refractivity contribution in [2.24, 2.45) is 5.10 Å². The fourth-order valence-corrected chi connectivity index (χ4v) is 2.38. The minimum atomic E-state index is -0.460. The largest absolute Gasteiger partial charge is 0.271 e. The lowest BCUT2D eigenvalue weighted by Gasteiger charge is -2.01. The highest BCUT2D eigenvalue weighted by Crippen LogP contribution is 2.21. The van der Waals surface area contributed by atoms with E-state index >= 15 is 0 Å². The highest BCUT2D eigenvalue weighted by Gasteiger charge is 2.06. The summed E-state index contributed by atoms with van der Waals surface area (Å²) in [6.45, 7) is 1.76. The molecule has 1 N–H and O–H groups in total. The summed E-state index contributed by atoms with van der Waals surface area (Å²) in [4.78, 5) is 12.6. The molecule has 98 valence electrons. The zero-order valence-corrected chi connectivity index (χ0v) is 11.6. The lowest BCUT2D eigenvalue weighted by Crippen LogP contribution is -2.19. The molecule has 0 spiro atoms. The lowest BCUT2D eigenvalue weighted by molar-refractivity contribution is 0.0954. The maximum Gasteiger partial charge on any atom is 0.271 e. The maximum absolute atomic E-state index is 13.0. The molecule has 0 fully saturated rings. The van der Waals surface area contributed by atoms with Gasteiger partial charge in [0.25, 0.3) is 5.91 Å². The van der Waals surface area contributed by atoms with Crippen LogP contribution in [0.5, 0.6) is 0 Å². The summed E-state index contributed by atoms with van der Waals surface area (Å²) in [6, 6.07) is 9.00. The Labute approximate surface area is 118 Å². The number of amides is 1. The molecular weight excluding hydrogens is 287 g/mol. The zero-order valence-electron chi connectivity index (χ0n) is 9.98. The van der Waals surface area contributed by atoms with Crippen molar-refractivity contribution in [2.45, 2.75) is 6.92 Å². The van der Waals surface area contributed by atoms with E-state index in [1.165, 1.54) is 29.5 Å². The van der Waals surface area contributed by atoms with Crippen LogP contribution in [0, 0.1) is 5.82 Å². The molecular formula is C13H10ClFN2OS. The normalized spacial score (nSPS) is 11.4. The molecule has 6 heteroatoms. The van der Waals surface area contributed by atoms with Crippen molar-refractivity contribution >= 4 is 34.6 Å². The molecule has 3 nitrogen and oxygen atoms in total. The standard InChI is InChI=1S/C13H10ClFN2OS/c1-8(11-5-6-12(14)19-11)16-17-13(18)9-3-2-4-10(15)7-9/h2-7H,1H3,(H,17,18)/b16-8+. The second-order valence-corrected chi connectivity index (χ2v) is 5.47. The summed E-state index contributed by atoms with van der Waals surface area (Å²) in [6.07, 6.45) is 0. The van der Waals surface area contributed by atoms with Crippen LogP contribution in [0.2, 0.25) is 4.34 Å². The molecule has 0 radical (unpaired) electrons. The van der Waals surface area contributed by atoms with Crippen LogP contribution in [0.15, 0.2) is 41.5 Å². The number of carbonyl (C=O) groups excluding carboxylic acids is 1. The van der Waals surface area contributed by atoms with E-state index < -0.39 is 11.7 Å². The van der Waals surface area contributed by atoms with E-state index in [4.69, 9.17) is 11.6 Å². The van der Waals surface area contributed by atoms with Crippen molar-refractivity contribution in [3.63, 3.8) is 0 Å². The second kappa shape index (κ2) is 5.95. The quantitative estimate of drug-likeness (QED) is 0.681. The monoisotopic (exact) mass is 296 g/mol. The zero-order chi connectivity index (χ0) is 13.8. The first kappa shape index (κ1) is 13.7. The topological polar surface area (TPSA) is 41.5 Å². The minimum absolute atomic E-state index is 0.223. The van der Waals surface area contributed by atoms with Crippen LogP contribution >= 0.6 is 22.9 Å². The van der Waals surface area contributed by atoms with Crippen LogP contribution in [-0.4, -0.2) is 11.6 Å². The summed E-state index contributed by atoms with van der Waals surface area (Å²) in [5.74, 6) is -0.917. The smallest absolute Gasteiger partial charge is 0.267 e. The van der Waals surface area contributed by atoms with E-state index in [0.717, 1.165) is 10.9 Å². The Balaban J connectivity index is 2.07. The molecule has 0 unspecified atom stereocenters. The van der Waals surface area contributed by atoms with Crippen molar-refractivity contribution in [2.75, 3.05) is 0 Å². The lowest BCUT2D eigenvalue weighted by atomic mass is 10.2. The van der Waals surface area contributed by atoms with Crippen LogP contribution in [0.1, 0.15) is 22.2 Å². The Bertz CT molecular complexity index is 639. The number of rotatable bonds is 3. The van der Waals surface area contributed by atoms with E-state index in [9.17, 15) is 9.18 Å². The van der Waals surface area contributed by atoms with Gasteiger partial charge in [-0.25, -0.2) is 9.82 Å². The number of hydrazone groups is 1. The van der Waals surface area contributed by atoms with Crippen molar-refractivity contribution in [3.05, 3.63) is 57.0 Å². The van der Waals surface area contributed by atoms with Gasteiger partial charge in [0.05, 0.1) is 14.9 Å². The molecule has 2 aromatic rings. The first-order valence-electron chi connectivity index (χ1n) is 5.42. The van der Waals surface area contributed by atoms with Crippen LogP contribution in [0.3, 0.4) is 0 Å². The van der Waals surface area contributed by atoms with Gasteiger partial charge in [0.1, 0.15) is 5.82 Å². The molecule has 1 amide bonds. The average molecular weight is 297 g/mol. The SMILES string of the molecule is C/C(=N\NC(=O)c1cccc(F)c1)c1ccc(Cl)s1. The maximum atomic E-state index is 13.0. The summed E-state index contributed by atoms with van der Waals surface area (Å²) < 4.78 is 13.6. The number of halogens is 2. The number of nitrogens with one attached hydrogen (secondary N) is 1. The fourth-order valence-electron chi connectivity index (χ4n) is 1.39. The molecule has 19 heavy (non-hydrogen) atoms. The predicted octanol–water partition coefficient (Wildman–Crippen LogP) is 3.69. The molecule has 0 saturated carbocycles. The highest BCUT2D eigenvalue weighted by atomic mass is 35.5. The van der Waals surface area contributed by atoms with Crippen molar-refractivity contribution < 1.29 is 9.18 Å². The molecule has 0 bridgehead atoms. The number of benzene rings is 1. The molecule has 0 saturated heterocycles. The Kier molecular flexibility index (Phi) is 4.29. The Hall–Kier alpha value is -1.72. The molecule has 0 aliphatic heterocycles. The first-order valence-corrected chi connectivity index (χ1v) is 6.61. The van der Waals surface area contributed by atoms with Crippen molar-refractivity contribution in [3.8, 4) is 0 Å². The third-order valence-electron chi connectivity index (χ3n) is 2.34. The average Bonchev–Trinajstić information content (AvgIpc) is 2.82.